The molecule has 0 aliphatic carbocycles. The highest BCUT2D eigenvalue weighted by Gasteiger charge is 2.09. The number of nitrogens with zero attached hydrogens (tertiary/aromatic N) is 3. The summed E-state index contributed by atoms with van der Waals surface area (Å²) in [6.07, 6.45) is 4.48. The van der Waals surface area contributed by atoms with Crippen molar-refractivity contribution in [3.63, 3.8) is 0 Å². The Morgan fingerprint density at radius 1 is 1.47 bits per heavy atom. The Morgan fingerprint density at radius 2 is 2.32 bits per heavy atom. The fourth-order valence-electron chi connectivity index (χ4n) is 1.91. The van der Waals surface area contributed by atoms with E-state index in [1.165, 1.54) is 0 Å². The summed E-state index contributed by atoms with van der Waals surface area (Å²) in [7, 11) is 0. The lowest BCUT2D eigenvalue weighted by Gasteiger charge is -2.12. The zero-order valence-electron chi connectivity index (χ0n) is 10.7. The van der Waals surface area contributed by atoms with Crippen molar-refractivity contribution in [2.75, 3.05) is 6.54 Å². The monoisotopic (exact) mass is 274 g/mol. The Hall–Kier alpha value is -1.83. The van der Waals surface area contributed by atoms with E-state index >= 15 is 0 Å². The summed E-state index contributed by atoms with van der Waals surface area (Å²) in [6, 6.07) is 7.73. The summed E-state index contributed by atoms with van der Waals surface area (Å²) < 4.78 is 1.78. The first-order valence-electron chi connectivity index (χ1n) is 6.19. The van der Waals surface area contributed by atoms with Crippen LogP contribution in [0.25, 0.3) is 5.69 Å². The normalized spacial score (nSPS) is 10.4. The summed E-state index contributed by atoms with van der Waals surface area (Å²) in [5.41, 5.74) is 1.98. The van der Waals surface area contributed by atoms with Crippen molar-refractivity contribution >= 4 is 11.6 Å². The van der Waals surface area contributed by atoms with Gasteiger partial charge in [0.2, 0.25) is 5.82 Å². The topological polar surface area (TPSA) is 53.6 Å². The number of nitrogens with one attached hydrogen (secondary N) is 1. The molecular weight excluding hydrogens is 260 g/mol. The highest BCUT2D eigenvalue weighted by atomic mass is 35.5. The van der Waals surface area contributed by atoms with Gasteiger partial charge < -0.3 is 5.32 Å². The first kappa shape index (κ1) is 13.6. The Balaban J connectivity index is 2.37. The van der Waals surface area contributed by atoms with Gasteiger partial charge in [0.1, 0.15) is 6.07 Å². The second kappa shape index (κ2) is 6.37. The smallest absolute Gasteiger partial charge is 0.217 e. The predicted octanol–water partition coefficient (Wildman–Crippen LogP) is 2.90. The van der Waals surface area contributed by atoms with Gasteiger partial charge in [-0.25, -0.2) is 4.98 Å². The van der Waals surface area contributed by atoms with E-state index in [-0.39, 0.29) is 0 Å². The van der Waals surface area contributed by atoms with Crippen LogP contribution < -0.4 is 5.32 Å². The maximum Gasteiger partial charge on any atom is 0.217 e. The van der Waals surface area contributed by atoms with Crippen LogP contribution >= 0.6 is 11.6 Å². The largest absolute Gasteiger partial charge is 0.313 e. The highest BCUT2D eigenvalue weighted by Crippen LogP contribution is 2.21. The molecule has 19 heavy (non-hydrogen) atoms. The molecular formula is C14H15ClN4. The van der Waals surface area contributed by atoms with Crippen LogP contribution in [0.4, 0.5) is 0 Å². The first-order valence-corrected chi connectivity index (χ1v) is 6.57. The van der Waals surface area contributed by atoms with Crippen molar-refractivity contribution in [1.82, 2.24) is 14.9 Å². The number of hydrogen-bond donors (Lipinski definition) is 1. The molecule has 0 bridgehead atoms. The van der Waals surface area contributed by atoms with Gasteiger partial charge in [0, 0.05) is 24.0 Å². The van der Waals surface area contributed by atoms with Crippen LogP contribution in [-0.4, -0.2) is 16.1 Å². The average molecular weight is 275 g/mol. The molecule has 1 aromatic heterocycles. The molecule has 1 aromatic carbocycles. The van der Waals surface area contributed by atoms with E-state index in [1.54, 1.807) is 17.0 Å². The van der Waals surface area contributed by atoms with Crippen molar-refractivity contribution in [3.05, 3.63) is 47.0 Å². The quantitative estimate of drug-likeness (QED) is 0.853. The van der Waals surface area contributed by atoms with Gasteiger partial charge in [0.25, 0.3) is 0 Å². The Morgan fingerprint density at radius 3 is 3.05 bits per heavy atom. The molecule has 1 N–H and O–H groups in total. The Labute approximate surface area is 117 Å². The van der Waals surface area contributed by atoms with Gasteiger partial charge in [0.05, 0.1) is 5.69 Å². The zero-order valence-corrected chi connectivity index (χ0v) is 11.5. The molecule has 0 unspecified atom stereocenters. The Bertz CT molecular complexity index is 598. The molecule has 0 saturated heterocycles. The second-order valence-electron chi connectivity index (χ2n) is 4.18. The minimum atomic E-state index is 0.374. The minimum absolute atomic E-state index is 0.374. The molecule has 1 heterocycles. The molecule has 0 amide bonds. The van der Waals surface area contributed by atoms with Crippen LogP contribution in [0.3, 0.4) is 0 Å². The SMILES string of the molecule is CCCNCc1cc(Cl)ccc1-n1ccnc1C#N. The van der Waals surface area contributed by atoms with Gasteiger partial charge in [-0.05, 0) is 36.7 Å². The molecule has 0 spiro atoms. The molecule has 0 aliphatic heterocycles. The van der Waals surface area contributed by atoms with E-state index in [2.05, 4.69) is 23.3 Å². The summed E-state index contributed by atoms with van der Waals surface area (Å²) in [6.45, 7) is 3.78. The standard InChI is InChI=1S/C14H15ClN4/c1-2-5-17-10-11-8-12(15)3-4-13(11)19-7-6-18-14(19)9-16/h3-4,6-8,17H,2,5,10H2,1H3. The molecule has 98 valence electrons. The van der Waals surface area contributed by atoms with E-state index < -0.39 is 0 Å². The van der Waals surface area contributed by atoms with E-state index in [9.17, 15) is 0 Å². The van der Waals surface area contributed by atoms with E-state index in [1.807, 2.05) is 18.2 Å². The number of nitriles is 1. The van der Waals surface area contributed by atoms with Crippen LogP contribution in [-0.2, 0) is 6.54 Å². The molecule has 2 aromatic rings. The second-order valence-corrected chi connectivity index (χ2v) is 4.62. The lowest BCUT2D eigenvalue weighted by atomic mass is 10.1. The lowest BCUT2D eigenvalue weighted by molar-refractivity contribution is 0.672. The molecule has 4 nitrogen and oxygen atoms in total. The Kier molecular flexibility index (Phi) is 4.56. The van der Waals surface area contributed by atoms with Crippen LogP contribution in [0.15, 0.2) is 30.6 Å². The van der Waals surface area contributed by atoms with E-state index in [4.69, 9.17) is 16.9 Å². The third-order valence-electron chi connectivity index (χ3n) is 2.78. The van der Waals surface area contributed by atoms with Crippen molar-refractivity contribution in [1.29, 1.82) is 5.26 Å². The van der Waals surface area contributed by atoms with Crippen LogP contribution in [0, 0.1) is 11.3 Å². The molecule has 0 radical (unpaired) electrons. The van der Waals surface area contributed by atoms with Gasteiger partial charge in [-0.1, -0.05) is 18.5 Å². The molecule has 0 fully saturated rings. The zero-order chi connectivity index (χ0) is 13.7. The molecule has 2 rings (SSSR count). The number of benzene rings is 1. The minimum Gasteiger partial charge on any atom is -0.313 e. The fraction of sp³-hybridized carbons (Fsp3) is 0.286. The fourth-order valence-corrected chi connectivity index (χ4v) is 2.11. The van der Waals surface area contributed by atoms with Crippen molar-refractivity contribution < 1.29 is 0 Å². The first-order chi connectivity index (χ1) is 9.26. The number of hydrogen-bond acceptors (Lipinski definition) is 3. The van der Waals surface area contributed by atoms with Crippen molar-refractivity contribution in [2.45, 2.75) is 19.9 Å². The van der Waals surface area contributed by atoms with Crippen LogP contribution in [0.2, 0.25) is 5.02 Å². The molecule has 5 heteroatoms. The molecule has 0 atom stereocenters. The van der Waals surface area contributed by atoms with Gasteiger partial charge >= 0.3 is 0 Å². The third kappa shape index (κ3) is 3.14. The summed E-state index contributed by atoms with van der Waals surface area (Å²) in [4.78, 5) is 4.02. The van der Waals surface area contributed by atoms with Crippen molar-refractivity contribution in [2.24, 2.45) is 0 Å². The van der Waals surface area contributed by atoms with Crippen LogP contribution in [0.5, 0.6) is 0 Å². The van der Waals surface area contributed by atoms with Crippen molar-refractivity contribution in [3.8, 4) is 11.8 Å². The van der Waals surface area contributed by atoms with Gasteiger partial charge in [0.15, 0.2) is 0 Å². The predicted molar refractivity (Wildman–Crippen MR) is 75.3 cm³/mol. The summed E-state index contributed by atoms with van der Waals surface area (Å²) >= 11 is 6.05. The number of halogens is 1. The van der Waals surface area contributed by atoms with E-state index in [0.717, 1.165) is 24.2 Å². The summed E-state index contributed by atoms with van der Waals surface area (Å²) in [5.74, 6) is 0.374. The summed E-state index contributed by atoms with van der Waals surface area (Å²) in [5, 5.41) is 13.1. The van der Waals surface area contributed by atoms with Gasteiger partial charge in [-0.2, -0.15) is 5.26 Å². The third-order valence-corrected chi connectivity index (χ3v) is 3.02. The number of imidazole rings is 1. The highest BCUT2D eigenvalue weighted by molar-refractivity contribution is 6.30. The van der Waals surface area contributed by atoms with Gasteiger partial charge in [-0.15, -0.1) is 0 Å². The van der Waals surface area contributed by atoms with Gasteiger partial charge in [-0.3, -0.25) is 4.57 Å². The molecule has 0 aliphatic rings. The molecule has 0 saturated carbocycles. The number of rotatable bonds is 5. The maximum absolute atomic E-state index is 9.05. The van der Waals surface area contributed by atoms with Crippen LogP contribution in [0.1, 0.15) is 24.7 Å². The maximum atomic E-state index is 9.05. The van der Waals surface area contributed by atoms with E-state index in [0.29, 0.717) is 17.4 Å². The average Bonchev–Trinajstić information content (AvgIpc) is 2.87. The lowest BCUT2D eigenvalue weighted by Crippen LogP contribution is -2.15. The number of aromatic nitrogens is 2.